The van der Waals surface area contributed by atoms with Crippen LogP contribution < -0.4 is 0 Å². The molecule has 2 saturated carbocycles. The van der Waals surface area contributed by atoms with E-state index in [4.69, 9.17) is 0 Å². The Balaban J connectivity index is 2.10. The summed E-state index contributed by atoms with van der Waals surface area (Å²) in [5, 5.41) is 0. The normalized spacial score (nSPS) is 42.0. The van der Waals surface area contributed by atoms with Gasteiger partial charge in [-0.2, -0.15) is 0 Å². The molecule has 0 unspecified atom stereocenters. The van der Waals surface area contributed by atoms with Crippen molar-refractivity contribution < 1.29 is 4.79 Å². The Morgan fingerprint density at radius 2 is 2.00 bits per heavy atom. The molecule has 0 N–H and O–H groups in total. The average Bonchev–Trinajstić information content (AvgIpc) is 2.60. The number of allylic oxidation sites excluding steroid dienone is 2. The number of aldehydes is 1. The number of carbonyl (C=O) groups excluding carboxylic acids is 1. The van der Waals surface area contributed by atoms with Gasteiger partial charge in [-0.3, -0.25) is 4.79 Å². The lowest BCUT2D eigenvalue weighted by Crippen LogP contribution is -2.09. The summed E-state index contributed by atoms with van der Waals surface area (Å²) in [6, 6.07) is 0. The second-order valence-corrected chi connectivity index (χ2v) is 4.01. The van der Waals surface area contributed by atoms with Crippen molar-refractivity contribution in [2.75, 3.05) is 0 Å². The van der Waals surface area contributed by atoms with Gasteiger partial charge in [0.1, 0.15) is 6.29 Å². The molecule has 0 aromatic heterocycles. The highest BCUT2D eigenvalue weighted by Crippen LogP contribution is 2.54. The van der Waals surface area contributed by atoms with Crippen molar-refractivity contribution in [2.45, 2.75) is 32.1 Å². The molecule has 0 saturated heterocycles. The first kappa shape index (κ1) is 7.08. The van der Waals surface area contributed by atoms with Crippen LogP contribution in [0.1, 0.15) is 32.1 Å². The summed E-state index contributed by atoms with van der Waals surface area (Å²) in [7, 11) is 0. The minimum atomic E-state index is 0.450. The van der Waals surface area contributed by atoms with Gasteiger partial charge >= 0.3 is 0 Å². The number of hydrogen-bond acceptors (Lipinski definition) is 1. The molecule has 2 aliphatic carbocycles. The highest BCUT2D eigenvalue weighted by atomic mass is 16.1. The van der Waals surface area contributed by atoms with Crippen LogP contribution in [0.25, 0.3) is 0 Å². The zero-order chi connectivity index (χ0) is 7.73. The van der Waals surface area contributed by atoms with E-state index in [9.17, 15) is 4.79 Å². The van der Waals surface area contributed by atoms with E-state index in [0.29, 0.717) is 5.41 Å². The quantitative estimate of drug-likeness (QED) is 0.436. The van der Waals surface area contributed by atoms with Crippen LogP contribution in [-0.4, -0.2) is 6.29 Å². The van der Waals surface area contributed by atoms with Gasteiger partial charge < -0.3 is 0 Å². The molecule has 0 aromatic rings. The zero-order valence-corrected chi connectivity index (χ0v) is 6.75. The fourth-order valence-electron chi connectivity index (χ4n) is 2.71. The molecule has 0 radical (unpaired) electrons. The fraction of sp³-hybridized carbons (Fsp3) is 0.700. The maximum absolute atomic E-state index is 10.1. The molecule has 0 heterocycles. The summed E-state index contributed by atoms with van der Waals surface area (Å²) in [5.74, 6) is 0.978. The minimum Gasteiger partial charge on any atom is -0.299 e. The molecule has 2 rings (SSSR count). The predicted octanol–water partition coefficient (Wildman–Crippen LogP) is 2.32. The minimum absolute atomic E-state index is 0.450. The summed E-state index contributed by atoms with van der Waals surface area (Å²) >= 11 is 0. The molecular weight excluding hydrogens is 136 g/mol. The standard InChI is InChI=1S/C10H14O/c11-7-1-4-10-5-2-9(8-10)3-6-10/h1,4,7,9H,2-3,5-6,8H2/b4-1+. The predicted molar refractivity (Wildman–Crippen MR) is 44.2 cm³/mol. The Morgan fingerprint density at radius 1 is 1.27 bits per heavy atom. The van der Waals surface area contributed by atoms with E-state index in [1.54, 1.807) is 6.08 Å². The zero-order valence-electron chi connectivity index (χ0n) is 6.75. The average molecular weight is 150 g/mol. The summed E-state index contributed by atoms with van der Waals surface area (Å²) in [5.41, 5.74) is 0.450. The summed E-state index contributed by atoms with van der Waals surface area (Å²) in [6.07, 6.45) is 11.5. The molecular formula is C10H14O. The van der Waals surface area contributed by atoms with E-state index in [1.807, 2.05) is 0 Å². The molecule has 0 aliphatic heterocycles. The van der Waals surface area contributed by atoms with E-state index < -0.39 is 0 Å². The van der Waals surface area contributed by atoms with Crippen LogP contribution in [0.2, 0.25) is 0 Å². The molecule has 2 bridgehead atoms. The third-order valence-electron chi connectivity index (χ3n) is 3.32. The van der Waals surface area contributed by atoms with E-state index in [1.165, 1.54) is 32.1 Å². The van der Waals surface area contributed by atoms with Crippen molar-refractivity contribution >= 4 is 6.29 Å². The summed E-state index contributed by atoms with van der Waals surface area (Å²) in [4.78, 5) is 10.1. The van der Waals surface area contributed by atoms with Gasteiger partial charge in [0.2, 0.25) is 0 Å². The van der Waals surface area contributed by atoms with Gasteiger partial charge in [-0.15, -0.1) is 0 Å². The summed E-state index contributed by atoms with van der Waals surface area (Å²) in [6.45, 7) is 0. The molecule has 0 atom stereocenters. The van der Waals surface area contributed by atoms with Crippen LogP contribution in [0.5, 0.6) is 0 Å². The molecule has 1 heteroatoms. The first-order valence-corrected chi connectivity index (χ1v) is 4.48. The van der Waals surface area contributed by atoms with Gasteiger partial charge in [-0.1, -0.05) is 6.08 Å². The Labute approximate surface area is 67.5 Å². The van der Waals surface area contributed by atoms with Gasteiger partial charge in [0.15, 0.2) is 0 Å². The van der Waals surface area contributed by atoms with Crippen LogP contribution >= 0.6 is 0 Å². The number of rotatable bonds is 2. The van der Waals surface area contributed by atoms with Crippen molar-refractivity contribution in [2.24, 2.45) is 11.3 Å². The number of fused-ring (bicyclic) bond motifs is 2. The lowest BCUT2D eigenvalue weighted by molar-refractivity contribution is -0.104. The van der Waals surface area contributed by atoms with Crippen LogP contribution in [0.15, 0.2) is 12.2 Å². The summed E-state index contributed by atoms with van der Waals surface area (Å²) < 4.78 is 0. The Hall–Kier alpha value is -0.590. The molecule has 0 spiro atoms. The molecule has 60 valence electrons. The molecule has 0 aromatic carbocycles. The van der Waals surface area contributed by atoms with Crippen molar-refractivity contribution in [1.82, 2.24) is 0 Å². The van der Waals surface area contributed by atoms with E-state index in [0.717, 1.165) is 12.2 Å². The molecule has 2 fully saturated rings. The second-order valence-electron chi connectivity index (χ2n) is 4.01. The van der Waals surface area contributed by atoms with Crippen LogP contribution in [0.3, 0.4) is 0 Å². The van der Waals surface area contributed by atoms with Crippen LogP contribution in [0, 0.1) is 11.3 Å². The van der Waals surface area contributed by atoms with E-state index >= 15 is 0 Å². The fourth-order valence-corrected chi connectivity index (χ4v) is 2.71. The Bertz CT molecular complexity index is 185. The first-order valence-electron chi connectivity index (χ1n) is 4.48. The van der Waals surface area contributed by atoms with E-state index in [2.05, 4.69) is 6.08 Å². The largest absolute Gasteiger partial charge is 0.299 e. The van der Waals surface area contributed by atoms with Gasteiger partial charge in [-0.05, 0) is 49.5 Å². The van der Waals surface area contributed by atoms with Crippen molar-refractivity contribution in [1.29, 1.82) is 0 Å². The first-order chi connectivity index (χ1) is 5.35. The molecule has 2 aliphatic rings. The smallest absolute Gasteiger partial charge is 0.142 e. The van der Waals surface area contributed by atoms with Gasteiger partial charge in [0, 0.05) is 0 Å². The number of carbonyl (C=O) groups is 1. The second kappa shape index (κ2) is 2.47. The third-order valence-corrected chi connectivity index (χ3v) is 3.32. The monoisotopic (exact) mass is 150 g/mol. The SMILES string of the molecule is O=C/C=C/C12CCC(CC1)C2. The maximum atomic E-state index is 10.1. The van der Waals surface area contributed by atoms with Crippen LogP contribution in [0.4, 0.5) is 0 Å². The lowest BCUT2D eigenvalue weighted by atomic mass is 9.84. The Kier molecular flexibility index (Phi) is 1.59. The van der Waals surface area contributed by atoms with Crippen molar-refractivity contribution in [3.8, 4) is 0 Å². The highest BCUT2D eigenvalue weighted by molar-refractivity contribution is 5.64. The molecule has 1 nitrogen and oxygen atoms in total. The van der Waals surface area contributed by atoms with Crippen molar-refractivity contribution in [3.05, 3.63) is 12.2 Å². The van der Waals surface area contributed by atoms with Crippen molar-refractivity contribution in [3.63, 3.8) is 0 Å². The number of hydrogen-bond donors (Lipinski definition) is 0. The van der Waals surface area contributed by atoms with Crippen LogP contribution in [-0.2, 0) is 4.79 Å². The maximum Gasteiger partial charge on any atom is 0.142 e. The highest BCUT2D eigenvalue weighted by Gasteiger charge is 2.42. The van der Waals surface area contributed by atoms with Gasteiger partial charge in [0.05, 0.1) is 0 Å². The van der Waals surface area contributed by atoms with E-state index in [-0.39, 0.29) is 0 Å². The van der Waals surface area contributed by atoms with Gasteiger partial charge in [0.25, 0.3) is 0 Å². The Morgan fingerprint density at radius 3 is 2.45 bits per heavy atom. The van der Waals surface area contributed by atoms with Gasteiger partial charge in [-0.25, -0.2) is 0 Å². The topological polar surface area (TPSA) is 17.1 Å². The molecule has 11 heavy (non-hydrogen) atoms. The lowest BCUT2D eigenvalue weighted by Gasteiger charge is -2.21. The third kappa shape index (κ3) is 1.13. The molecule has 0 amide bonds.